The minimum atomic E-state index is -0.227. The molecule has 1 aliphatic rings. The van der Waals surface area contributed by atoms with E-state index in [4.69, 9.17) is 4.98 Å². The van der Waals surface area contributed by atoms with Crippen LogP contribution in [0.5, 0.6) is 0 Å². The molecule has 152 valence electrons. The van der Waals surface area contributed by atoms with Crippen molar-refractivity contribution < 1.29 is 4.79 Å². The molecule has 7 heteroatoms. The highest BCUT2D eigenvalue weighted by atomic mass is 32.2. The van der Waals surface area contributed by atoms with Gasteiger partial charge in [0, 0.05) is 32.6 Å². The number of hydrogen-bond donors (Lipinski definition) is 1. The summed E-state index contributed by atoms with van der Waals surface area (Å²) in [5.41, 5.74) is 2.13. The van der Waals surface area contributed by atoms with Crippen molar-refractivity contribution in [3.8, 4) is 10.4 Å². The molecule has 1 aliphatic carbocycles. The summed E-state index contributed by atoms with van der Waals surface area (Å²) < 4.78 is 0. The van der Waals surface area contributed by atoms with E-state index in [0.29, 0.717) is 45.4 Å². The summed E-state index contributed by atoms with van der Waals surface area (Å²) in [6.07, 6.45) is 2.13. The molecule has 1 unspecified atom stereocenters. The largest absolute Gasteiger partial charge is 0.301 e. The number of ketones is 1. The molecule has 4 rings (SSSR count). The molecule has 0 fully saturated rings. The van der Waals surface area contributed by atoms with Gasteiger partial charge in [0.1, 0.15) is 0 Å². The Kier molecular flexibility index (Phi) is 5.15. The number of nitrogens with zero attached hydrogens (tertiary/aromatic N) is 2. The first-order valence-corrected chi connectivity index (χ1v) is 11.6. The van der Waals surface area contributed by atoms with Crippen LogP contribution in [0.1, 0.15) is 61.5 Å². The number of thioether (sulfide) groups is 1. The summed E-state index contributed by atoms with van der Waals surface area (Å²) in [6, 6.07) is 4.01. The second-order valence-electron chi connectivity index (χ2n) is 8.57. The molecule has 1 N–H and O–H groups in total. The van der Waals surface area contributed by atoms with E-state index < -0.39 is 0 Å². The van der Waals surface area contributed by atoms with Crippen molar-refractivity contribution in [1.29, 1.82) is 0 Å². The Balaban J connectivity index is 2.05. The van der Waals surface area contributed by atoms with E-state index in [1.54, 1.807) is 23.1 Å². The van der Waals surface area contributed by atoms with Crippen LogP contribution >= 0.6 is 23.1 Å². The van der Waals surface area contributed by atoms with Crippen LogP contribution in [0.2, 0.25) is 0 Å². The molecule has 5 nitrogen and oxygen atoms in total. The van der Waals surface area contributed by atoms with Crippen molar-refractivity contribution in [2.75, 3.05) is 0 Å². The number of pyridine rings is 1. The Morgan fingerprint density at radius 1 is 1.21 bits per heavy atom. The maximum atomic E-state index is 13.1. The predicted octanol–water partition coefficient (Wildman–Crippen LogP) is 5.40. The molecule has 0 amide bonds. The normalized spacial score (nSPS) is 16.8. The number of H-pyrrole nitrogens is 1. The zero-order valence-electron chi connectivity index (χ0n) is 17.4. The summed E-state index contributed by atoms with van der Waals surface area (Å²) in [5.74, 6) is 0.0594. The summed E-state index contributed by atoms with van der Waals surface area (Å²) in [4.78, 5) is 40.7. The Labute approximate surface area is 178 Å². The van der Waals surface area contributed by atoms with Gasteiger partial charge in [-0.05, 0) is 37.3 Å². The van der Waals surface area contributed by atoms with Crippen molar-refractivity contribution >= 4 is 39.9 Å². The van der Waals surface area contributed by atoms with Crippen LogP contribution in [0, 0.1) is 12.3 Å². The third kappa shape index (κ3) is 3.78. The molecule has 3 aromatic rings. The molecule has 0 saturated heterocycles. The first-order valence-electron chi connectivity index (χ1n) is 9.92. The fourth-order valence-electron chi connectivity index (χ4n) is 3.81. The van der Waals surface area contributed by atoms with Gasteiger partial charge in [0.15, 0.2) is 16.6 Å². The molecule has 29 heavy (non-hydrogen) atoms. The van der Waals surface area contributed by atoms with Gasteiger partial charge in [0.2, 0.25) is 0 Å². The van der Waals surface area contributed by atoms with Crippen molar-refractivity contribution in [3.63, 3.8) is 0 Å². The molecule has 3 heterocycles. The number of aromatic nitrogens is 3. The summed E-state index contributed by atoms with van der Waals surface area (Å²) >= 11 is 3.14. The number of nitrogens with one attached hydrogen (secondary N) is 1. The van der Waals surface area contributed by atoms with Gasteiger partial charge in [-0.2, -0.15) is 0 Å². The fourth-order valence-corrected chi connectivity index (χ4v) is 5.58. The Hall–Kier alpha value is -1.99. The second-order valence-corrected chi connectivity index (χ2v) is 11.3. The standard InChI is InChI=1S/C22H25N3O2S2/c1-6-11(2)29-21-24-19-18(20(27)25-21)17(15-8-7-12(3)28-15)16-13(23-19)9-22(4,5)10-14(16)26/h7-8,11H,6,9-10H2,1-5H3,(H,23,24,25,27). The molecule has 0 spiro atoms. The maximum Gasteiger partial charge on any atom is 0.261 e. The average Bonchev–Trinajstić information content (AvgIpc) is 3.04. The monoisotopic (exact) mass is 427 g/mol. The van der Waals surface area contributed by atoms with E-state index in [-0.39, 0.29) is 16.8 Å². The second kappa shape index (κ2) is 7.36. The van der Waals surface area contributed by atoms with Gasteiger partial charge in [-0.1, -0.05) is 39.5 Å². The number of rotatable bonds is 4. The van der Waals surface area contributed by atoms with Crippen LogP contribution in [0.3, 0.4) is 0 Å². The predicted molar refractivity (Wildman–Crippen MR) is 120 cm³/mol. The lowest BCUT2D eigenvalue weighted by molar-refractivity contribution is 0.0911. The molecule has 0 bridgehead atoms. The average molecular weight is 428 g/mol. The first kappa shape index (κ1) is 20.3. The van der Waals surface area contributed by atoms with Gasteiger partial charge >= 0.3 is 0 Å². The number of aromatic amines is 1. The van der Waals surface area contributed by atoms with Gasteiger partial charge in [-0.15, -0.1) is 11.3 Å². The van der Waals surface area contributed by atoms with Crippen molar-refractivity contribution in [2.45, 2.75) is 64.3 Å². The minimum Gasteiger partial charge on any atom is -0.301 e. The molecule has 3 aromatic heterocycles. The molecular weight excluding hydrogens is 402 g/mol. The third-order valence-corrected chi connectivity index (χ3v) is 7.52. The number of thiophene rings is 1. The van der Waals surface area contributed by atoms with Gasteiger partial charge < -0.3 is 4.98 Å². The van der Waals surface area contributed by atoms with Gasteiger partial charge in [-0.25, -0.2) is 9.97 Å². The van der Waals surface area contributed by atoms with Crippen LogP contribution in [-0.2, 0) is 6.42 Å². The smallest absolute Gasteiger partial charge is 0.261 e. The quantitative estimate of drug-likeness (QED) is 0.446. The lowest BCUT2D eigenvalue weighted by Crippen LogP contribution is -2.29. The fraction of sp³-hybridized carbons (Fsp3) is 0.455. The SMILES string of the molecule is CCC(C)Sc1nc2nc3c(c(-c4ccc(C)s4)c2c(=O)[nH]1)C(=O)CC(C)(C)C3. The van der Waals surface area contributed by atoms with Crippen molar-refractivity contribution in [1.82, 2.24) is 15.0 Å². The Morgan fingerprint density at radius 2 is 1.97 bits per heavy atom. The lowest BCUT2D eigenvalue weighted by Gasteiger charge is -2.30. The number of hydrogen-bond acceptors (Lipinski definition) is 6. The number of carbonyl (C=O) groups is 1. The highest BCUT2D eigenvalue weighted by Crippen LogP contribution is 2.42. The molecule has 0 radical (unpaired) electrons. The van der Waals surface area contributed by atoms with E-state index in [2.05, 4.69) is 37.7 Å². The zero-order valence-corrected chi connectivity index (χ0v) is 19.0. The number of aryl methyl sites for hydroxylation is 1. The lowest BCUT2D eigenvalue weighted by atomic mass is 9.74. The molecular formula is C22H25N3O2S2. The molecule has 0 saturated carbocycles. The number of Topliss-reactive ketones (excluding diaryl/α,β-unsaturated/α-hetero) is 1. The van der Waals surface area contributed by atoms with Crippen molar-refractivity contribution in [3.05, 3.63) is 38.6 Å². The van der Waals surface area contributed by atoms with Crippen LogP contribution in [0.15, 0.2) is 22.1 Å². The van der Waals surface area contributed by atoms with E-state index >= 15 is 0 Å². The Bertz CT molecular complexity index is 1180. The third-order valence-electron chi connectivity index (χ3n) is 5.35. The van der Waals surface area contributed by atoms with Crippen LogP contribution < -0.4 is 5.56 Å². The van der Waals surface area contributed by atoms with Crippen LogP contribution in [0.4, 0.5) is 0 Å². The van der Waals surface area contributed by atoms with E-state index in [9.17, 15) is 9.59 Å². The van der Waals surface area contributed by atoms with Gasteiger partial charge in [0.05, 0.1) is 11.1 Å². The highest BCUT2D eigenvalue weighted by Gasteiger charge is 2.36. The van der Waals surface area contributed by atoms with E-state index in [1.807, 2.05) is 19.1 Å². The van der Waals surface area contributed by atoms with Gasteiger partial charge in [-0.3, -0.25) is 9.59 Å². The summed E-state index contributed by atoms with van der Waals surface area (Å²) in [5, 5.41) is 1.35. The van der Waals surface area contributed by atoms with Crippen LogP contribution in [-0.4, -0.2) is 26.0 Å². The summed E-state index contributed by atoms with van der Waals surface area (Å²) in [6.45, 7) is 10.4. The highest BCUT2D eigenvalue weighted by molar-refractivity contribution is 7.99. The maximum absolute atomic E-state index is 13.1. The topological polar surface area (TPSA) is 75.7 Å². The Morgan fingerprint density at radius 3 is 2.62 bits per heavy atom. The van der Waals surface area contributed by atoms with Crippen LogP contribution in [0.25, 0.3) is 21.5 Å². The zero-order chi connectivity index (χ0) is 20.9. The molecule has 0 aliphatic heterocycles. The number of carbonyl (C=O) groups excluding carboxylic acids is 1. The number of fused-ring (bicyclic) bond motifs is 2. The van der Waals surface area contributed by atoms with Gasteiger partial charge in [0.25, 0.3) is 5.56 Å². The molecule has 0 aromatic carbocycles. The first-order chi connectivity index (χ1) is 13.7. The minimum absolute atomic E-state index is 0.0594. The van der Waals surface area contributed by atoms with E-state index in [1.165, 1.54) is 0 Å². The van der Waals surface area contributed by atoms with Crippen molar-refractivity contribution in [2.24, 2.45) is 5.41 Å². The summed E-state index contributed by atoms with van der Waals surface area (Å²) in [7, 11) is 0. The molecule has 1 atom stereocenters. The van der Waals surface area contributed by atoms with E-state index in [0.717, 1.165) is 21.9 Å².